The summed E-state index contributed by atoms with van der Waals surface area (Å²) in [5.41, 5.74) is 1.85. The highest BCUT2D eigenvalue weighted by molar-refractivity contribution is 5.88. The van der Waals surface area contributed by atoms with Gasteiger partial charge >= 0.3 is 0 Å². The number of carbonyl (C=O) groups excluding carboxylic acids is 2. The highest BCUT2D eigenvalue weighted by Crippen LogP contribution is 2.60. The summed E-state index contributed by atoms with van der Waals surface area (Å²) in [5.74, 6) is 2.14. The third-order valence-electron chi connectivity index (χ3n) is 7.50. The van der Waals surface area contributed by atoms with Crippen molar-refractivity contribution >= 4 is 11.8 Å². The van der Waals surface area contributed by atoms with Crippen molar-refractivity contribution in [2.45, 2.75) is 51.5 Å². The summed E-state index contributed by atoms with van der Waals surface area (Å²) >= 11 is 0. The van der Waals surface area contributed by atoms with Gasteiger partial charge in [-0.15, -0.1) is 0 Å². The van der Waals surface area contributed by atoms with E-state index in [1.165, 1.54) is 19.3 Å². The van der Waals surface area contributed by atoms with Crippen molar-refractivity contribution < 1.29 is 9.59 Å². The van der Waals surface area contributed by atoms with E-state index in [0.717, 1.165) is 48.3 Å². The molecule has 6 heteroatoms. The van der Waals surface area contributed by atoms with E-state index >= 15 is 0 Å². The summed E-state index contributed by atoms with van der Waals surface area (Å²) in [5, 5.41) is 5.97. The molecule has 0 saturated heterocycles. The van der Waals surface area contributed by atoms with Gasteiger partial charge in [-0.3, -0.25) is 9.59 Å². The fraction of sp³-hybridized carbons (Fsp3) is 0.542. The maximum atomic E-state index is 13.0. The molecule has 4 fully saturated rings. The van der Waals surface area contributed by atoms with E-state index in [0.29, 0.717) is 0 Å². The molecule has 1 aromatic carbocycles. The molecule has 4 aliphatic carbocycles. The minimum Gasteiger partial charge on any atom is -0.348 e. The highest BCUT2D eigenvalue weighted by atomic mass is 16.2. The van der Waals surface area contributed by atoms with Crippen LogP contribution in [0, 0.1) is 23.2 Å². The van der Waals surface area contributed by atoms with Gasteiger partial charge in [0.2, 0.25) is 11.8 Å². The lowest BCUT2D eigenvalue weighted by Gasteiger charge is -2.55. The minimum absolute atomic E-state index is 0.0536. The summed E-state index contributed by atoms with van der Waals surface area (Å²) < 4.78 is 1.94. The van der Waals surface area contributed by atoms with Crippen molar-refractivity contribution in [3.05, 3.63) is 48.5 Å². The molecule has 4 aliphatic rings. The Balaban J connectivity index is 1.14. The standard InChI is InChI=1S/C24H30N4O2/c1-16(20-2-4-21(5-3-20)28-7-6-25-15-28)27-22(29)14-26-23(30)24-11-17-8-18(12-24)10-19(9-17)13-24/h2-7,15-19H,8-14H2,1H3,(H,26,30)(H,27,29). The monoisotopic (exact) mass is 406 g/mol. The maximum absolute atomic E-state index is 13.0. The van der Waals surface area contributed by atoms with Gasteiger partial charge in [0.25, 0.3) is 0 Å². The van der Waals surface area contributed by atoms with Crippen LogP contribution in [-0.2, 0) is 9.59 Å². The van der Waals surface area contributed by atoms with Crippen molar-refractivity contribution in [2.24, 2.45) is 23.2 Å². The SMILES string of the molecule is CC(NC(=O)CNC(=O)C12CC3CC(CC(C3)C1)C2)c1ccc(-n2ccnc2)cc1. The molecule has 0 aliphatic heterocycles. The fourth-order valence-electron chi connectivity index (χ4n) is 6.46. The van der Waals surface area contributed by atoms with Gasteiger partial charge in [0.1, 0.15) is 0 Å². The Labute approximate surface area is 177 Å². The van der Waals surface area contributed by atoms with Gasteiger partial charge in [-0.2, -0.15) is 0 Å². The lowest BCUT2D eigenvalue weighted by atomic mass is 9.49. The zero-order chi connectivity index (χ0) is 20.7. The quantitative estimate of drug-likeness (QED) is 0.772. The third kappa shape index (κ3) is 3.64. The molecule has 0 radical (unpaired) electrons. The third-order valence-corrected chi connectivity index (χ3v) is 7.50. The van der Waals surface area contributed by atoms with Gasteiger partial charge in [0.15, 0.2) is 0 Å². The lowest BCUT2D eigenvalue weighted by molar-refractivity contribution is -0.147. The van der Waals surface area contributed by atoms with E-state index in [4.69, 9.17) is 0 Å². The van der Waals surface area contributed by atoms with Gasteiger partial charge in [0.05, 0.1) is 18.9 Å². The van der Waals surface area contributed by atoms with E-state index in [1.54, 1.807) is 12.5 Å². The zero-order valence-corrected chi connectivity index (χ0v) is 17.5. The molecule has 2 amide bonds. The Morgan fingerprint density at radius 2 is 1.73 bits per heavy atom. The molecule has 1 heterocycles. The number of aromatic nitrogens is 2. The van der Waals surface area contributed by atoms with Gasteiger partial charge in [-0.1, -0.05) is 12.1 Å². The first-order valence-electron chi connectivity index (χ1n) is 11.2. The molecular weight excluding hydrogens is 376 g/mol. The second kappa shape index (κ2) is 7.56. The Morgan fingerprint density at radius 1 is 1.10 bits per heavy atom. The van der Waals surface area contributed by atoms with Crippen LogP contribution in [0.15, 0.2) is 43.0 Å². The van der Waals surface area contributed by atoms with Crippen LogP contribution in [-0.4, -0.2) is 27.9 Å². The number of hydrogen-bond donors (Lipinski definition) is 2. The first-order valence-corrected chi connectivity index (χ1v) is 11.2. The first-order chi connectivity index (χ1) is 14.5. The number of benzene rings is 1. The van der Waals surface area contributed by atoms with Crippen molar-refractivity contribution in [1.29, 1.82) is 0 Å². The lowest BCUT2D eigenvalue weighted by Crippen LogP contribution is -2.54. The van der Waals surface area contributed by atoms with E-state index in [-0.39, 0.29) is 29.8 Å². The average molecular weight is 407 g/mol. The van der Waals surface area contributed by atoms with Crippen molar-refractivity contribution in [2.75, 3.05) is 6.54 Å². The van der Waals surface area contributed by atoms with Crippen molar-refractivity contribution in [3.63, 3.8) is 0 Å². The first kappa shape index (κ1) is 19.3. The fourth-order valence-corrected chi connectivity index (χ4v) is 6.46. The normalized spacial score (nSPS) is 30.1. The second-order valence-corrected chi connectivity index (χ2v) is 9.73. The van der Waals surface area contributed by atoms with Gasteiger partial charge in [0, 0.05) is 23.5 Å². The molecule has 2 N–H and O–H groups in total. The summed E-state index contributed by atoms with van der Waals surface area (Å²) in [6.07, 6.45) is 12.4. The number of hydrogen-bond acceptors (Lipinski definition) is 3. The smallest absolute Gasteiger partial charge is 0.239 e. The van der Waals surface area contributed by atoms with Crippen LogP contribution < -0.4 is 10.6 Å². The Bertz CT molecular complexity index is 884. The summed E-state index contributed by atoms with van der Waals surface area (Å²) in [4.78, 5) is 29.5. The second-order valence-electron chi connectivity index (χ2n) is 9.73. The summed E-state index contributed by atoms with van der Waals surface area (Å²) in [6, 6.07) is 7.91. The van der Waals surface area contributed by atoms with Gasteiger partial charge in [-0.05, 0) is 80.9 Å². The number of nitrogens with zero attached hydrogens (tertiary/aromatic N) is 2. The summed E-state index contributed by atoms with van der Waals surface area (Å²) in [7, 11) is 0. The van der Waals surface area contributed by atoms with E-state index in [1.807, 2.05) is 42.0 Å². The number of carbonyl (C=O) groups is 2. The molecule has 1 unspecified atom stereocenters. The van der Waals surface area contributed by atoms with Crippen LogP contribution in [0.2, 0.25) is 0 Å². The molecule has 30 heavy (non-hydrogen) atoms. The van der Waals surface area contributed by atoms with E-state index < -0.39 is 0 Å². The molecule has 4 saturated carbocycles. The molecule has 0 spiro atoms. The zero-order valence-electron chi connectivity index (χ0n) is 17.5. The van der Waals surface area contributed by atoms with Gasteiger partial charge < -0.3 is 15.2 Å². The number of imidazole rings is 1. The topological polar surface area (TPSA) is 76.0 Å². The van der Waals surface area contributed by atoms with Crippen LogP contribution in [0.25, 0.3) is 5.69 Å². The van der Waals surface area contributed by atoms with E-state index in [9.17, 15) is 9.59 Å². The Morgan fingerprint density at radius 3 is 2.30 bits per heavy atom. The molecule has 4 bridgehead atoms. The highest BCUT2D eigenvalue weighted by Gasteiger charge is 2.54. The average Bonchev–Trinajstić information content (AvgIpc) is 3.26. The molecular formula is C24H30N4O2. The number of nitrogens with one attached hydrogen (secondary N) is 2. The molecule has 1 atom stereocenters. The van der Waals surface area contributed by atoms with Crippen LogP contribution in [0.3, 0.4) is 0 Å². The predicted molar refractivity (Wildman–Crippen MR) is 114 cm³/mol. The number of amides is 2. The van der Waals surface area contributed by atoms with Crippen LogP contribution in [0.5, 0.6) is 0 Å². The molecule has 6 nitrogen and oxygen atoms in total. The van der Waals surface area contributed by atoms with E-state index in [2.05, 4.69) is 15.6 Å². The van der Waals surface area contributed by atoms with Crippen molar-refractivity contribution in [1.82, 2.24) is 20.2 Å². The van der Waals surface area contributed by atoms with Gasteiger partial charge in [-0.25, -0.2) is 4.98 Å². The molecule has 6 rings (SSSR count). The maximum Gasteiger partial charge on any atom is 0.239 e. The van der Waals surface area contributed by atoms with Crippen LogP contribution in [0.1, 0.15) is 57.1 Å². The Kier molecular flexibility index (Phi) is 4.88. The Hall–Kier alpha value is -2.63. The minimum atomic E-state index is -0.205. The van der Waals surface area contributed by atoms with Crippen LogP contribution >= 0.6 is 0 Å². The molecule has 158 valence electrons. The van der Waals surface area contributed by atoms with Crippen LogP contribution in [0.4, 0.5) is 0 Å². The number of rotatable bonds is 6. The molecule has 1 aromatic heterocycles. The van der Waals surface area contributed by atoms with Crippen molar-refractivity contribution in [3.8, 4) is 5.69 Å². The molecule has 2 aromatic rings. The largest absolute Gasteiger partial charge is 0.348 e. The summed E-state index contributed by atoms with van der Waals surface area (Å²) in [6.45, 7) is 2.02. The predicted octanol–water partition coefficient (Wildman–Crippen LogP) is 3.38.